The molecule has 0 fully saturated rings. The number of hydrogen-bond donors (Lipinski definition) is 3. The Morgan fingerprint density at radius 3 is 2.16 bits per heavy atom. The van der Waals surface area contributed by atoms with Gasteiger partial charge in [-0.2, -0.15) is 0 Å². The van der Waals surface area contributed by atoms with E-state index in [1.807, 2.05) is 0 Å². The Hall–Kier alpha value is -2.49. The quantitative estimate of drug-likeness (QED) is 0.490. The maximum Gasteiger partial charge on any atom is 0.257 e. The maximum atomic E-state index is 12.4. The third-order valence-electron chi connectivity index (χ3n) is 4.17. The fourth-order valence-electron chi connectivity index (χ4n) is 2.63. The standard InChI is InChI=1S/C23H31N3O4S2/c1-16(2)14-15-30-19-10-6-17(7-11-19)21(27)25-22(31)24-18-8-12-20(13-9-18)32(28,29)26-23(3,4)5/h6-13,16,26H,14-15H2,1-5H3,(H2,24,25,27,31). The second-order valence-corrected chi connectivity index (χ2v) is 10.9. The van der Waals surface area contributed by atoms with E-state index >= 15 is 0 Å². The number of rotatable bonds is 8. The number of benzene rings is 2. The van der Waals surface area contributed by atoms with Gasteiger partial charge in [0.1, 0.15) is 5.75 Å². The Bertz CT molecular complexity index is 1030. The molecular weight excluding hydrogens is 446 g/mol. The maximum absolute atomic E-state index is 12.4. The Morgan fingerprint density at radius 1 is 1.03 bits per heavy atom. The molecule has 0 aliphatic heterocycles. The number of anilines is 1. The molecule has 1 amide bonds. The van der Waals surface area contributed by atoms with Gasteiger partial charge < -0.3 is 10.1 Å². The molecule has 174 valence electrons. The van der Waals surface area contributed by atoms with Crippen molar-refractivity contribution in [1.82, 2.24) is 10.0 Å². The number of carbonyl (C=O) groups is 1. The smallest absolute Gasteiger partial charge is 0.257 e. The summed E-state index contributed by atoms with van der Waals surface area (Å²) in [6.45, 7) is 10.2. The molecule has 0 unspecified atom stereocenters. The highest BCUT2D eigenvalue weighted by atomic mass is 32.2. The summed E-state index contributed by atoms with van der Waals surface area (Å²) < 4.78 is 33.0. The van der Waals surface area contributed by atoms with Crippen molar-refractivity contribution >= 4 is 38.9 Å². The van der Waals surface area contributed by atoms with Crippen LogP contribution in [0.1, 0.15) is 51.4 Å². The largest absolute Gasteiger partial charge is 0.494 e. The minimum absolute atomic E-state index is 0.107. The first kappa shape index (κ1) is 25.8. The Labute approximate surface area is 196 Å². The fourth-order valence-corrected chi connectivity index (χ4v) is 4.26. The van der Waals surface area contributed by atoms with Gasteiger partial charge in [-0.25, -0.2) is 13.1 Å². The number of ether oxygens (including phenoxy) is 1. The van der Waals surface area contributed by atoms with Crippen LogP contribution in [0.4, 0.5) is 5.69 Å². The van der Waals surface area contributed by atoms with Gasteiger partial charge in [-0.3, -0.25) is 10.1 Å². The highest BCUT2D eigenvalue weighted by Gasteiger charge is 2.21. The molecule has 0 bridgehead atoms. The second kappa shape index (κ2) is 10.9. The van der Waals surface area contributed by atoms with Gasteiger partial charge in [0.05, 0.1) is 11.5 Å². The first-order valence-corrected chi connectivity index (χ1v) is 12.2. The topological polar surface area (TPSA) is 96.5 Å². The Kier molecular flexibility index (Phi) is 8.77. The van der Waals surface area contributed by atoms with Crippen LogP contribution in [0.5, 0.6) is 5.75 Å². The Morgan fingerprint density at radius 2 is 1.62 bits per heavy atom. The first-order valence-electron chi connectivity index (χ1n) is 10.3. The van der Waals surface area contributed by atoms with E-state index in [1.165, 1.54) is 12.1 Å². The molecule has 2 aromatic rings. The molecule has 0 saturated carbocycles. The van der Waals surface area contributed by atoms with E-state index in [-0.39, 0.29) is 15.9 Å². The average Bonchev–Trinajstić information content (AvgIpc) is 2.66. The summed E-state index contributed by atoms with van der Waals surface area (Å²) >= 11 is 5.20. The van der Waals surface area contributed by atoms with Gasteiger partial charge in [0, 0.05) is 16.8 Å². The third kappa shape index (κ3) is 8.57. The van der Waals surface area contributed by atoms with Crippen molar-refractivity contribution in [3.05, 3.63) is 54.1 Å². The van der Waals surface area contributed by atoms with E-state index in [4.69, 9.17) is 17.0 Å². The van der Waals surface area contributed by atoms with Crippen LogP contribution in [-0.4, -0.2) is 31.6 Å². The molecule has 0 radical (unpaired) electrons. The molecule has 7 nitrogen and oxygen atoms in total. The summed E-state index contributed by atoms with van der Waals surface area (Å²) in [5.41, 5.74) is 0.416. The lowest BCUT2D eigenvalue weighted by molar-refractivity contribution is 0.0977. The molecule has 0 heterocycles. The van der Waals surface area contributed by atoms with Crippen LogP contribution in [-0.2, 0) is 10.0 Å². The number of sulfonamides is 1. The van der Waals surface area contributed by atoms with Gasteiger partial charge in [-0.1, -0.05) is 13.8 Å². The number of thiocarbonyl (C=S) groups is 1. The third-order valence-corrected chi connectivity index (χ3v) is 6.15. The molecule has 0 aliphatic rings. The number of amides is 1. The number of nitrogens with one attached hydrogen (secondary N) is 3. The van der Waals surface area contributed by atoms with Crippen molar-refractivity contribution < 1.29 is 17.9 Å². The summed E-state index contributed by atoms with van der Waals surface area (Å²) in [6.07, 6.45) is 0.961. The molecule has 0 aromatic heterocycles. The highest BCUT2D eigenvalue weighted by Crippen LogP contribution is 2.17. The monoisotopic (exact) mass is 477 g/mol. The molecule has 0 aliphatic carbocycles. The van der Waals surface area contributed by atoms with Gasteiger partial charge >= 0.3 is 0 Å². The van der Waals surface area contributed by atoms with Crippen molar-refractivity contribution in [2.45, 2.75) is 51.5 Å². The fraction of sp³-hybridized carbons (Fsp3) is 0.391. The Balaban J connectivity index is 1.91. The van der Waals surface area contributed by atoms with Gasteiger partial charge in [0.15, 0.2) is 5.11 Å². The molecule has 9 heteroatoms. The highest BCUT2D eigenvalue weighted by molar-refractivity contribution is 7.89. The lowest BCUT2D eigenvalue weighted by Crippen LogP contribution is -2.40. The SMILES string of the molecule is CC(C)CCOc1ccc(C(=O)NC(=S)Nc2ccc(S(=O)(=O)NC(C)(C)C)cc2)cc1. The molecular formula is C23H31N3O4S2. The predicted octanol–water partition coefficient (Wildman–Crippen LogP) is 4.32. The van der Waals surface area contributed by atoms with E-state index in [9.17, 15) is 13.2 Å². The average molecular weight is 478 g/mol. The molecule has 2 rings (SSSR count). The van der Waals surface area contributed by atoms with Crippen LogP contribution in [0.2, 0.25) is 0 Å². The first-order chi connectivity index (χ1) is 14.9. The molecule has 3 N–H and O–H groups in total. The summed E-state index contributed by atoms with van der Waals surface area (Å²) in [5, 5.41) is 5.59. The summed E-state index contributed by atoms with van der Waals surface area (Å²) in [7, 11) is -3.62. The lowest BCUT2D eigenvalue weighted by Gasteiger charge is -2.20. The molecule has 0 saturated heterocycles. The zero-order valence-corrected chi connectivity index (χ0v) is 20.7. The summed E-state index contributed by atoms with van der Waals surface area (Å²) in [4.78, 5) is 12.6. The van der Waals surface area contributed by atoms with E-state index in [2.05, 4.69) is 29.2 Å². The van der Waals surface area contributed by atoms with Crippen molar-refractivity contribution in [2.24, 2.45) is 5.92 Å². The summed E-state index contributed by atoms with van der Waals surface area (Å²) in [6, 6.07) is 12.9. The molecule has 32 heavy (non-hydrogen) atoms. The van der Waals surface area contributed by atoms with Crippen LogP contribution < -0.4 is 20.1 Å². The number of carbonyl (C=O) groups excluding carboxylic acids is 1. The number of hydrogen-bond acceptors (Lipinski definition) is 5. The summed E-state index contributed by atoms with van der Waals surface area (Å²) in [5.74, 6) is 0.915. The molecule has 0 spiro atoms. The van der Waals surface area contributed by atoms with Gasteiger partial charge in [0.2, 0.25) is 10.0 Å². The van der Waals surface area contributed by atoms with E-state index in [0.29, 0.717) is 29.5 Å². The second-order valence-electron chi connectivity index (χ2n) is 8.84. The van der Waals surface area contributed by atoms with Crippen molar-refractivity contribution in [3.8, 4) is 5.75 Å². The van der Waals surface area contributed by atoms with Crippen LogP contribution in [0.15, 0.2) is 53.4 Å². The van der Waals surface area contributed by atoms with Gasteiger partial charge in [-0.05, 0) is 93.9 Å². The predicted molar refractivity (Wildman–Crippen MR) is 132 cm³/mol. The minimum Gasteiger partial charge on any atom is -0.494 e. The van der Waals surface area contributed by atoms with E-state index < -0.39 is 15.6 Å². The van der Waals surface area contributed by atoms with Gasteiger partial charge in [0.25, 0.3) is 5.91 Å². The van der Waals surface area contributed by atoms with E-state index in [1.54, 1.807) is 57.2 Å². The van der Waals surface area contributed by atoms with E-state index in [0.717, 1.165) is 6.42 Å². The van der Waals surface area contributed by atoms with Crippen molar-refractivity contribution in [2.75, 3.05) is 11.9 Å². The van der Waals surface area contributed by atoms with Crippen LogP contribution in [0.25, 0.3) is 0 Å². The van der Waals surface area contributed by atoms with Crippen molar-refractivity contribution in [1.29, 1.82) is 0 Å². The normalized spacial score (nSPS) is 11.8. The molecule has 0 atom stereocenters. The molecule has 2 aromatic carbocycles. The lowest BCUT2D eigenvalue weighted by atomic mass is 10.1. The van der Waals surface area contributed by atoms with Crippen molar-refractivity contribution in [3.63, 3.8) is 0 Å². The van der Waals surface area contributed by atoms with Crippen LogP contribution in [0, 0.1) is 5.92 Å². The minimum atomic E-state index is -3.62. The van der Waals surface area contributed by atoms with Gasteiger partial charge in [-0.15, -0.1) is 0 Å². The zero-order chi connectivity index (χ0) is 23.9. The zero-order valence-electron chi connectivity index (χ0n) is 19.1. The van der Waals surface area contributed by atoms with Crippen LogP contribution in [0.3, 0.4) is 0 Å². The van der Waals surface area contributed by atoms with Crippen LogP contribution >= 0.6 is 12.2 Å².